The van der Waals surface area contributed by atoms with Crippen LogP contribution >= 0.6 is 23.4 Å². The Bertz CT molecular complexity index is 745. The second-order valence-electron chi connectivity index (χ2n) is 5.43. The molecular weight excluding hydrogens is 318 g/mol. The predicted molar refractivity (Wildman–Crippen MR) is 90.6 cm³/mol. The summed E-state index contributed by atoms with van der Waals surface area (Å²) in [6, 6.07) is 11.8. The summed E-state index contributed by atoms with van der Waals surface area (Å²) in [5.74, 6) is -0.0565. The number of esters is 1. The molecule has 0 aliphatic carbocycles. The number of hydrogen-bond donors (Lipinski definition) is 0. The van der Waals surface area contributed by atoms with Gasteiger partial charge in [0.2, 0.25) is 0 Å². The van der Waals surface area contributed by atoms with Gasteiger partial charge in [-0.25, -0.2) is 0 Å². The van der Waals surface area contributed by atoms with Gasteiger partial charge in [-0.15, -0.1) is 0 Å². The van der Waals surface area contributed by atoms with Crippen molar-refractivity contribution in [2.45, 2.75) is 23.6 Å². The molecule has 3 rings (SSSR count). The Kier molecular flexibility index (Phi) is 4.06. The summed E-state index contributed by atoms with van der Waals surface area (Å²) in [5.41, 5.74) is 2.15. The van der Waals surface area contributed by atoms with E-state index in [1.807, 2.05) is 25.2 Å². The number of halogens is 1. The van der Waals surface area contributed by atoms with Crippen molar-refractivity contribution in [2.75, 3.05) is 11.9 Å². The summed E-state index contributed by atoms with van der Waals surface area (Å²) in [4.78, 5) is 15.9. The standard InChI is InChI=1S/C17H16ClNO2S/c1-10(2)17(20)21-13-9-8-12-16(15(13)18)22-14-7-5-4-6-11(14)19(12)3/h4-10H,1-3H3. The molecule has 0 saturated heterocycles. The van der Waals surface area contributed by atoms with Crippen LogP contribution in [0.3, 0.4) is 0 Å². The molecule has 1 heterocycles. The van der Waals surface area contributed by atoms with Gasteiger partial charge in [-0.2, -0.15) is 0 Å². The lowest BCUT2D eigenvalue weighted by Gasteiger charge is -2.30. The van der Waals surface area contributed by atoms with Crippen molar-refractivity contribution in [1.82, 2.24) is 0 Å². The van der Waals surface area contributed by atoms with E-state index in [1.165, 1.54) is 0 Å². The molecule has 0 saturated carbocycles. The van der Waals surface area contributed by atoms with Crippen molar-refractivity contribution in [3.63, 3.8) is 0 Å². The van der Waals surface area contributed by atoms with Gasteiger partial charge < -0.3 is 9.64 Å². The van der Waals surface area contributed by atoms with E-state index in [9.17, 15) is 4.79 Å². The Morgan fingerprint density at radius 3 is 2.64 bits per heavy atom. The van der Waals surface area contributed by atoms with E-state index in [4.69, 9.17) is 16.3 Å². The molecule has 0 radical (unpaired) electrons. The third-order valence-electron chi connectivity index (χ3n) is 3.52. The van der Waals surface area contributed by atoms with E-state index in [2.05, 4.69) is 17.0 Å². The maximum absolute atomic E-state index is 11.8. The molecule has 2 aromatic carbocycles. The maximum Gasteiger partial charge on any atom is 0.313 e. The normalized spacial score (nSPS) is 12.9. The highest BCUT2D eigenvalue weighted by Gasteiger charge is 2.25. The molecule has 0 unspecified atom stereocenters. The molecule has 22 heavy (non-hydrogen) atoms. The summed E-state index contributed by atoms with van der Waals surface area (Å²) in [6.07, 6.45) is 0. The molecule has 114 valence electrons. The minimum atomic E-state index is -0.281. The highest BCUT2D eigenvalue weighted by Crippen LogP contribution is 2.52. The number of benzene rings is 2. The minimum Gasteiger partial charge on any atom is -0.425 e. The number of hydrogen-bond acceptors (Lipinski definition) is 4. The lowest BCUT2D eigenvalue weighted by atomic mass is 10.2. The van der Waals surface area contributed by atoms with Crippen LogP contribution in [0, 0.1) is 5.92 Å². The van der Waals surface area contributed by atoms with E-state index < -0.39 is 0 Å². The SMILES string of the molecule is CC(C)C(=O)Oc1ccc2c(c1Cl)Sc1ccccc1N2C. The van der Waals surface area contributed by atoms with Crippen molar-refractivity contribution in [3.8, 4) is 5.75 Å². The maximum atomic E-state index is 11.8. The number of para-hydroxylation sites is 1. The predicted octanol–water partition coefficient (Wildman–Crippen LogP) is 5.13. The van der Waals surface area contributed by atoms with Crippen LogP contribution < -0.4 is 9.64 Å². The lowest BCUT2D eigenvalue weighted by molar-refractivity contribution is -0.137. The van der Waals surface area contributed by atoms with Gasteiger partial charge in [0.05, 0.1) is 27.2 Å². The van der Waals surface area contributed by atoms with Crippen LogP contribution in [0.2, 0.25) is 5.02 Å². The average molecular weight is 334 g/mol. The van der Waals surface area contributed by atoms with Crippen LogP contribution in [0.4, 0.5) is 11.4 Å². The average Bonchev–Trinajstić information content (AvgIpc) is 2.50. The molecule has 0 bridgehead atoms. The van der Waals surface area contributed by atoms with Gasteiger partial charge in [0.15, 0.2) is 5.75 Å². The molecule has 5 heteroatoms. The van der Waals surface area contributed by atoms with Gasteiger partial charge in [0, 0.05) is 11.9 Å². The summed E-state index contributed by atoms with van der Waals surface area (Å²) in [5, 5.41) is 0.484. The molecule has 2 aromatic rings. The Hall–Kier alpha value is -1.65. The van der Waals surface area contributed by atoms with Crippen LogP contribution in [-0.2, 0) is 4.79 Å². The van der Waals surface area contributed by atoms with Gasteiger partial charge in [-0.1, -0.05) is 49.3 Å². The number of ether oxygens (including phenoxy) is 1. The largest absolute Gasteiger partial charge is 0.425 e. The first-order chi connectivity index (χ1) is 10.5. The fourth-order valence-corrected chi connectivity index (χ4v) is 3.74. The molecular formula is C17H16ClNO2S. The quantitative estimate of drug-likeness (QED) is 0.562. The fraction of sp³-hybridized carbons (Fsp3) is 0.235. The molecule has 0 fully saturated rings. The van der Waals surface area contributed by atoms with Gasteiger partial charge in [-0.3, -0.25) is 4.79 Å². The van der Waals surface area contributed by atoms with Crippen LogP contribution in [0.1, 0.15) is 13.8 Å². The zero-order valence-electron chi connectivity index (χ0n) is 12.6. The van der Waals surface area contributed by atoms with Gasteiger partial charge in [0.1, 0.15) is 0 Å². The molecule has 0 spiro atoms. The van der Waals surface area contributed by atoms with Crippen molar-refractivity contribution in [3.05, 3.63) is 41.4 Å². The Balaban J connectivity index is 2.02. The lowest BCUT2D eigenvalue weighted by Crippen LogP contribution is -2.17. The zero-order valence-corrected chi connectivity index (χ0v) is 14.2. The minimum absolute atomic E-state index is 0.192. The molecule has 1 aliphatic rings. The van der Waals surface area contributed by atoms with Gasteiger partial charge in [0.25, 0.3) is 0 Å². The third-order valence-corrected chi connectivity index (χ3v) is 5.19. The van der Waals surface area contributed by atoms with E-state index in [0.717, 1.165) is 21.2 Å². The van der Waals surface area contributed by atoms with E-state index >= 15 is 0 Å². The number of nitrogens with zero attached hydrogens (tertiary/aromatic N) is 1. The summed E-state index contributed by atoms with van der Waals surface area (Å²) < 4.78 is 5.39. The summed E-state index contributed by atoms with van der Waals surface area (Å²) >= 11 is 8.08. The van der Waals surface area contributed by atoms with E-state index in [1.54, 1.807) is 31.7 Å². The number of rotatable bonds is 2. The number of carbonyl (C=O) groups is 1. The summed E-state index contributed by atoms with van der Waals surface area (Å²) in [6.45, 7) is 3.60. The molecule has 0 atom stereocenters. The highest BCUT2D eigenvalue weighted by molar-refractivity contribution is 7.99. The second-order valence-corrected chi connectivity index (χ2v) is 6.86. The zero-order chi connectivity index (χ0) is 15.9. The van der Waals surface area contributed by atoms with Crippen LogP contribution in [0.25, 0.3) is 0 Å². The Morgan fingerprint density at radius 1 is 1.18 bits per heavy atom. The third kappa shape index (κ3) is 2.57. The van der Waals surface area contributed by atoms with E-state index in [0.29, 0.717) is 10.8 Å². The van der Waals surface area contributed by atoms with Crippen molar-refractivity contribution < 1.29 is 9.53 Å². The van der Waals surface area contributed by atoms with Crippen molar-refractivity contribution in [1.29, 1.82) is 0 Å². The van der Waals surface area contributed by atoms with E-state index in [-0.39, 0.29) is 11.9 Å². The van der Waals surface area contributed by atoms with Crippen molar-refractivity contribution in [2.24, 2.45) is 5.92 Å². The molecule has 0 N–H and O–H groups in total. The fourth-order valence-electron chi connectivity index (χ4n) is 2.25. The molecule has 0 aromatic heterocycles. The highest BCUT2D eigenvalue weighted by atomic mass is 35.5. The van der Waals surface area contributed by atoms with Crippen LogP contribution in [-0.4, -0.2) is 13.0 Å². The molecule has 1 aliphatic heterocycles. The number of fused-ring (bicyclic) bond motifs is 2. The molecule has 0 amide bonds. The van der Waals surface area contributed by atoms with Crippen molar-refractivity contribution >= 4 is 40.7 Å². The topological polar surface area (TPSA) is 29.5 Å². The first kappa shape index (κ1) is 15.3. The first-order valence-electron chi connectivity index (χ1n) is 7.04. The summed E-state index contributed by atoms with van der Waals surface area (Å²) in [7, 11) is 2.01. The second kappa shape index (κ2) is 5.86. The first-order valence-corrected chi connectivity index (χ1v) is 8.23. The monoisotopic (exact) mass is 333 g/mol. The number of carbonyl (C=O) groups excluding carboxylic acids is 1. The van der Waals surface area contributed by atoms with Crippen LogP contribution in [0.15, 0.2) is 46.2 Å². The smallest absolute Gasteiger partial charge is 0.313 e. The molecule has 3 nitrogen and oxygen atoms in total. The number of anilines is 2. The Morgan fingerprint density at radius 2 is 1.91 bits per heavy atom. The van der Waals surface area contributed by atoms with Crippen LogP contribution in [0.5, 0.6) is 5.75 Å². The van der Waals surface area contributed by atoms with Gasteiger partial charge in [-0.05, 0) is 24.3 Å². The Labute approximate surface area is 139 Å². The van der Waals surface area contributed by atoms with Gasteiger partial charge >= 0.3 is 5.97 Å².